The van der Waals surface area contributed by atoms with Crippen LogP contribution in [-0.2, 0) is 0 Å². The largest absolute Gasteiger partial charge is 0.465 e. The van der Waals surface area contributed by atoms with Crippen molar-refractivity contribution in [1.82, 2.24) is 10.2 Å². The van der Waals surface area contributed by atoms with Crippen LogP contribution in [0, 0.1) is 11.8 Å². The molecule has 3 atom stereocenters. The second-order valence-electron chi connectivity index (χ2n) is 5.31. The molecule has 1 amide bonds. The predicted molar refractivity (Wildman–Crippen MR) is 68.4 cm³/mol. The molecule has 0 radical (unpaired) electrons. The van der Waals surface area contributed by atoms with Crippen molar-refractivity contribution in [3.63, 3.8) is 0 Å². The number of nitrogens with one attached hydrogen (secondary N) is 1. The van der Waals surface area contributed by atoms with Crippen LogP contribution in [0.4, 0.5) is 4.79 Å². The predicted octanol–water partition coefficient (Wildman–Crippen LogP) is 1.95. The minimum absolute atomic E-state index is 0.00718. The zero-order valence-electron chi connectivity index (χ0n) is 10.2. The molecule has 2 bridgehead atoms. The summed E-state index contributed by atoms with van der Waals surface area (Å²) in [5.41, 5.74) is 1.12. The fourth-order valence-electron chi connectivity index (χ4n) is 3.39. The van der Waals surface area contributed by atoms with Crippen LogP contribution in [0.3, 0.4) is 0 Å². The van der Waals surface area contributed by atoms with E-state index in [1.165, 1.54) is 0 Å². The summed E-state index contributed by atoms with van der Waals surface area (Å²) in [6.45, 7) is 2.51. The van der Waals surface area contributed by atoms with E-state index in [1.54, 1.807) is 4.90 Å². The van der Waals surface area contributed by atoms with Crippen molar-refractivity contribution in [2.24, 2.45) is 11.8 Å². The molecular weight excluding hydrogens is 228 g/mol. The van der Waals surface area contributed by atoms with Gasteiger partial charge in [0.25, 0.3) is 0 Å². The Morgan fingerprint density at radius 2 is 2.06 bits per heavy atom. The molecule has 2 saturated heterocycles. The fourth-order valence-corrected chi connectivity index (χ4v) is 3.39. The molecule has 1 aromatic carbocycles. The first-order valence-electron chi connectivity index (χ1n) is 6.51. The zero-order valence-corrected chi connectivity index (χ0v) is 10.2. The minimum atomic E-state index is -0.791. The van der Waals surface area contributed by atoms with Crippen molar-refractivity contribution in [3.05, 3.63) is 35.9 Å². The van der Waals surface area contributed by atoms with Gasteiger partial charge in [-0.2, -0.15) is 0 Å². The molecule has 96 valence electrons. The van der Waals surface area contributed by atoms with Crippen LogP contribution in [0.2, 0.25) is 0 Å². The topological polar surface area (TPSA) is 52.6 Å². The molecule has 1 aromatic rings. The maximum atomic E-state index is 11.5. The fraction of sp³-hybridized carbons (Fsp3) is 0.500. The SMILES string of the molecule is O=C(O)N1CC2CNCC(C2)C1c1ccccc1. The average molecular weight is 246 g/mol. The summed E-state index contributed by atoms with van der Waals surface area (Å²) in [5.74, 6) is 0.871. The number of carbonyl (C=O) groups is 1. The highest BCUT2D eigenvalue weighted by Gasteiger charge is 2.41. The summed E-state index contributed by atoms with van der Waals surface area (Å²) in [6.07, 6.45) is 0.344. The minimum Gasteiger partial charge on any atom is -0.465 e. The van der Waals surface area contributed by atoms with Gasteiger partial charge in [0.1, 0.15) is 0 Å². The number of fused-ring (bicyclic) bond motifs is 2. The maximum absolute atomic E-state index is 11.5. The molecular formula is C14H18N2O2. The Morgan fingerprint density at radius 3 is 2.78 bits per heavy atom. The molecule has 18 heavy (non-hydrogen) atoms. The summed E-state index contributed by atoms with van der Waals surface area (Å²) in [4.78, 5) is 13.1. The third kappa shape index (κ3) is 1.97. The first-order valence-corrected chi connectivity index (χ1v) is 6.51. The van der Waals surface area contributed by atoms with E-state index in [4.69, 9.17) is 0 Å². The molecule has 0 spiro atoms. The standard InChI is InChI=1S/C14H18N2O2/c17-14(18)16-9-10-6-12(8-15-7-10)13(16)11-4-2-1-3-5-11/h1-5,10,12-13,15H,6-9H2,(H,17,18). The number of piperidine rings is 2. The van der Waals surface area contributed by atoms with Gasteiger partial charge in [0.15, 0.2) is 0 Å². The summed E-state index contributed by atoms with van der Waals surface area (Å²) < 4.78 is 0. The van der Waals surface area contributed by atoms with Crippen LogP contribution in [0.25, 0.3) is 0 Å². The lowest BCUT2D eigenvalue weighted by atomic mass is 9.78. The quantitative estimate of drug-likeness (QED) is 0.796. The van der Waals surface area contributed by atoms with Gasteiger partial charge in [0, 0.05) is 13.1 Å². The average Bonchev–Trinajstić information content (AvgIpc) is 2.39. The molecule has 2 fully saturated rings. The van der Waals surface area contributed by atoms with Gasteiger partial charge in [0.05, 0.1) is 6.04 Å². The number of hydrogen-bond acceptors (Lipinski definition) is 2. The summed E-state index contributed by atoms with van der Waals surface area (Å²) in [7, 11) is 0. The molecule has 2 heterocycles. The van der Waals surface area contributed by atoms with Crippen molar-refractivity contribution in [1.29, 1.82) is 0 Å². The molecule has 0 aromatic heterocycles. The highest BCUT2D eigenvalue weighted by atomic mass is 16.4. The van der Waals surface area contributed by atoms with Gasteiger partial charge in [-0.25, -0.2) is 4.79 Å². The van der Waals surface area contributed by atoms with Crippen molar-refractivity contribution >= 4 is 6.09 Å². The van der Waals surface area contributed by atoms with E-state index in [1.807, 2.05) is 30.3 Å². The highest BCUT2D eigenvalue weighted by molar-refractivity contribution is 5.66. The van der Waals surface area contributed by atoms with Gasteiger partial charge in [-0.3, -0.25) is 0 Å². The molecule has 3 unspecified atom stereocenters. The van der Waals surface area contributed by atoms with Crippen LogP contribution in [0.1, 0.15) is 18.0 Å². The van der Waals surface area contributed by atoms with E-state index in [0.29, 0.717) is 18.4 Å². The van der Waals surface area contributed by atoms with Gasteiger partial charge in [-0.15, -0.1) is 0 Å². The number of benzene rings is 1. The van der Waals surface area contributed by atoms with E-state index in [0.717, 1.165) is 25.1 Å². The number of carboxylic acid groups (broad SMARTS) is 1. The van der Waals surface area contributed by atoms with Crippen molar-refractivity contribution in [2.75, 3.05) is 19.6 Å². The number of amides is 1. The van der Waals surface area contributed by atoms with Crippen molar-refractivity contribution < 1.29 is 9.90 Å². The van der Waals surface area contributed by atoms with Gasteiger partial charge in [-0.05, 0) is 30.4 Å². The number of nitrogens with zero attached hydrogens (tertiary/aromatic N) is 1. The third-order valence-electron chi connectivity index (χ3n) is 4.10. The molecule has 0 saturated carbocycles. The first kappa shape index (κ1) is 11.5. The Balaban J connectivity index is 1.94. The molecule has 0 aliphatic carbocycles. The Kier molecular flexibility index (Phi) is 2.96. The zero-order chi connectivity index (χ0) is 12.5. The van der Waals surface area contributed by atoms with E-state index >= 15 is 0 Å². The monoisotopic (exact) mass is 246 g/mol. The Labute approximate surface area is 107 Å². The van der Waals surface area contributed by atoms with Gasteiger partial charge in [-0.1, -0.05) is 30.3 Å². The molecule has 3 rings (SSSR count). The van der Waals surface area contributed by atoms with Crippen molar-refractivity contribution in [3.8, 4) is 0 Å². The van der Waals surface area contributed by atoms with Crippen LogP contribution in [0.15, 0.2) is 30.3 Å². The van der Waals surface area contributed by atoms with E-state index in [-0.39, 0.29) is 6.04 Å². The normalized spacial score (nSPS) is 31.1. The number of likely N-dealkylation sites (tertiary alicyclic amines) is 1. The lowest BCUT2D eigenvalue weighted by molar-refractivity contribution is 0.0364. The van der Waals surface area contributed by atoms with Gasteiger partial charge >= 0.3 is 6.09 Å². The third-order valence-corrected chi connectivity index (χ3v) is 4.10. The molecule has 2 aliphatic heterocycles. The van der Waals surface area contributed by atoms with Crippen LogP contribution in [-0.4, -0.2) is 35.7 Å². The summed E-state index contributed by atoms with van der Waals surface area (Å²) in [6, 6.07) is 10.0. The Bertz CT molecular complexity index is 435. The molecule has 4 heteroatoms. The highest BCUT2D eigenvalue weighted by Crippen LogP contribution is 2.39. The second-order valence-corrected chi connectivity index (χ2v) is 5.31. The van der Waals surface area contributed by atoms with Gasteiger partial charge < -0.3 is 15.3 Å². The Hall–Kier alpha value is -1.55. The van der Waals surface area contributed by atoms with Crippen LogP contribution >= 0.6 is 0 Å². The Morgan fingerprint density at radius 1 is 1.28 bits per heavy atom. The first-order chi connectivity index (χ1) is 8.75. The molecule has 2 N–H and O–H groups in total. The second kappa shape index (κ2) is 4.61. The number of rotatable bonds is 1. The van der Waals surface area contributed by atoms with Gasteiger partial charge in [0.2, 0.25) is 0 Å². The summed E-state index contributed by atoms with van der Waals surface area (Å²) >= 11 is 0. The lowest BCUT2D eigenvalue weighted by Crippen LogP contribution is -2.54. The van der Waals surface area contributed by atoms with Crippen molar-refractivity contribution in [2.45, 2.75) is 12.5 Å². The van der Waals surface area contributed by atoms with Crippen LogP contribution < -0.4 is 5.32 Å². The maximum Gasteiger partial charge on any atom is 0.407 e. The lowest BCUT2D eigenvalue weighted by Gasteiger charge is -2.46. The van der Waals surface area contributed by atoms with E-state index < -0.39 is 6.09 Å². The summed E-state index contributed by atoms with van der Waals surface area (Å²) in [5, 5.41) is 12.9. The molecule has 2 aliphatic rings. The molecule has 4 nitrogen and oxygen atoms in total. The van der Waals surface area contributed by atoms with E-state index in [2.05, 4.69) is 5.32 Å². The smallest absolute Gasteiger partial charge is 0.407 e. The van der Waals surface area contributed by atoms with Crippen LogP contribution in [0.5, 0.6) is 0 Å². The number of hydrogen-bond donors (Lipinski definition) is 2. The van der Waals surface area contributed by atoms with E-state index in [9.17, 15) is 9.90 Å².